The van der Waals surface area contributed by atoms with Gasteiger partial charge in [0.1, 0.15) is 5.75 Å². The molecule has 2 aromatic carbocycles. The highest BCUT2D eigenvalue weighted by molar-refractivity contribution is 5.75. The van der Waals surface area contributed by atoms with E-state index in [9.17, 15) is 9.90 Å². The zero-order valence-electron chi connectivity index (χ0n) is 16.0. The molecule has 3 rings (SSSR count). The molecular formula is C21H27N3O3. The molecule has 0 spiro atoms. The molecule has 2 amide bonds. The molecule has 144 valence electrons. The Morgan fingerprint density at radius 1 is 1.22 bits per heavy atom. The van der Waals surface area contributed by atoms with Gasteiger partial charge in [-0.1, -0.05) is 42.5 Å². The van der Waals surface area contributed by atoms with Crippen molar-refractivity contribution in [2.24, 2.45) is 0 Å². The highest BCUT2D eigenvalue weighted by atomic mass is 16.5. The highest BCUT2D eigenvalue weighted by Gasteiger charge is 2.32. The number of fused-ring (bicyclic) bond motifs is 1. The van der Waals surface area contributed by atoms with Gasteiger partial charge in [0.25, 0.3) is 0 Å². The van der Waals surface area contributed by atoms with Crippen LogP contribution in [0.3, 0.4) is 0 Å². The average molecular weight is 369 g/mol. The Labute approximate surface area is 160 Å². The van der Waals surface area contributed by atoms with Crippen LogP contribution < -0.4 is 15.4 Å². The van der Waals surface area contributed by atoms with E-state index in [2.05, 4.69) is 10.6 Å². The van der Waals surface area contributed by atoms with E-state index in [0.29, 0.717) is 13.0 Å². The normalized spacial score (nSPS) is 19.4. The molecule has 0 saturated carbocycles. The molecule has 3 N–H and O–H groups in total. The molecule has 0 aromatic heterocycles. The second kappa shape index (κ2) is 8.41. The quantitative estimate of drug-likeness (QED) is 0.730. The highest BCUT2D eigenvalue weighted by Crippen LogP contribution is 2.31. The third-order valence-electron chi connectivity index (χ3n) is 5.07. The van der Waals surface area contributed by atoms with Crippen LogP contribution in [0.2, 0.25) is 0 Å². The Balaban J connectivity index is 1.65. The number of nitrogens with one attached hydrogen (secondary N) is 2. The molecule has 0 bridgehead atoms. The van der Waals surface area contributed by atoms with Crippen molar-refractivity contribution >= 4 is 6.03 Å². The van der Waals surface area contributed by atoms with Crippen LogP contribution in [0.15, 0.2) is 48.5 Å². The molecule has 6 heteroatoms. The van der Waals surface area contributed by atoms with Crippen molar-refractivity contribution in [2.45, 2.75) is 24.6 Å². The lowest BCUT2D eigenvalue weighted by atomic mass is 10.0. The zero-order valence-corrected chi connectivity index (χ0v) is 16.0. The lowest BCUT2D eigenvalue weighted by Gasteiger charge is -2.27. The Morgan fingerprint density at radius 3 is 2.67 bits per heavy atom. The van der Waals surface area contributed by atoms with E-state index in [0.717, 1.165) is 22.4 Å². The topological polar surface area (TPSA) is 73.8 Å². The Morgan fingerprint density at radius 2 is 1.93 bits per heavy atom. The number of hydrogen-bond donors (Lipinski definition) is 3. The number of likely N-dealkylation sites (N-methyl/N-ethyl adjacent to an activating group) is 1. The standard InChI is InChI=1S/C21H27N3O3/c1-24(2)17(16-10-6-7-11-19(16)27-3)13-22-21(26)23-20-15-9-5-4-8-14(15)12-18(20)25/h4-11,17-18,20,25H,12-13H2,1-3H3,(H2,22,23,26). The maximum absolute atomic E-state index is 12.5. The first kappa shape index (κ1) is 19.2. The minimum Gasteiger partial charge on any atom is -0.496 e. The molecule has 27 heavy (non-hydrogen) atoms. The van der Waals surface area contributed by atoms with Gasteiger partial charge in [-0.2, -0.15) is 0 Å². The first-order valence-electron chi connectivity index (χ1n) is 9.10. The fraction of sp³-hybridized carbons (Fsp3) is 0.381. The number of amides is 2. The number of urea groups is 1. The van der Waals surface area contributed by atoms with Crippen molar-refractivity contribution in [3.8, 4) is 5.75 Å². The largest absolute Gasteiger partial charge is 0.496 e. The number of hydrogen-bond acceptors (Lipinski definition) is 4. The maximum atomic E-state index is 12.5. The zero-order chi connectivity index (χ0) is 19.4. The van der Waals surface area contributed by atoms with Crippen molar-refractivity contribution < 1.29 is 14.6 Å². The number of carbonyl (C=O) groups excluding carboxylic acids is 1. The molecular weight excluding hydrogens is 342 g/mol. The predicted octanol–water partition coefficient (Wildman–Crippen LogP) is 2.26. The summed E-state index contributed by atoms with van der Waals surface area (Å²) in [5.74, 6) is 0.790. The Kier molecular flexibility index (Phi) is 5.98. The molecule has 0 heterocycles. The molecule has 0 fully saturated rings. The lowest BCUT2D eigenvalue weighted by Crippen LogP contribution is -2.43. The Hall–Kier alpha value is -2.57. The van der Waals surface area contributed by atoms with Crippen LogP contribution in [-0.2, 0) is 6.42 Å². The first-order valence-corrected chi connectivity index (χ1v) is 9.10. The van der Waals surface area contributed by atoms with Crippen molar-refractivity contribution in [2.75, 3.05) is 27.7 Å². The third kappa shape index (κ3) is 4.23. The number of methoxy groups -OCH3 is 1. The smallest absolute Gasteiger partial charge is 0.315 e. The molecule has 0 aliphatic heterocycles. The molecule has 1 aliphatic carbocycles. The van der Waals surface area contributed by atoms with Gasteiger partial charge in [-0.05, 0) is 31.3 Å². The van der Waals surface area contributed by atoms with Gasteiger partial charge in [-0.25, -0.2) is 4.79 Å². The predicted molar refractivity (Wildman–Crippen MR) is 105 cm³/mol. The van der Waals surface area contributed by atoms with Crippen LogP contribution in [0, 0.1) is 0 Å². The molecule has 0 saturated heterocycles. The fourth-order valence-corrected chi connectivity index (χ4v) is 3.64. The van der Waals surface area contributed by atoms with Crippen LogP contribution in [0.25, 0.3) is 0 Å². The van der Waals surface area contributed by atoms with Crippen LogP contribution in [0.4, 0.5) is 4.79 Å². The van der Waals surface area contributed by atoms with E-state index < -0.39 is 6.10 Å². The minimum absolute atomic E-state index is 0.0345. The second-order valence-corrected chi connectivity index (χ2v) is 7.02. The fourth-order valence-electron chi connectivity index (χ4n) is 3.64. The van der Waals surface area contributed by atoms with Gasteiger partial charge in [-0.3, -0.25) is 0 Å². The van der Waals surface area contributed by atoms with E-state index in [1.165, 1.54) is 0 Å². The van der Waals surface area contributed by atoms with Gasteiger partial charge >= 0.3 is 6.03 Å². The van der Waals surface area contributed by atoms with Crippen LogP contribution in [0.5, 0.6) is 5.75 Å². The molecule has 2 aromatic rings. The maximum Gasteiger partial charge on any atom is 0.315 e. The summed E-state index contributed by atoms with van der Waals surface area (Å²) in [6.07, 6.45) is -0.0464. The Bertz CT molecular complexity index is 794. The number of ether oxygens (including phenoxy) is 1. The van der Waals surface area contributed by atoms with Crippen molar-refractivity contribution in [3.63, 3.8) is 0 Å². The van der Waals surface area contributed by atoms with Gasteiger partial charge < -0.3 is 25.4 Å². The first-order chi connectivity index (χ1) is 13.0. The number of para-hydroxylation sites is 1. The van der Waals surface area contributed by atoms with Gasteiger partial charge in [0.15, 0.2) is 0 Å². The summed E-state index contributed by atoms with van der Waals surface area (Å²) in [4.78, 5) is 14.5. The van der Waals surface area contributed by atoms with E-state index >= 15 is 0 Å². The summed E-state index contributed by atoms with van der Waals surface area (Å²) in [6.45, 7) is 0.420. The molecule has 3 atom stereocenters. The average Bonchev–Trinajstić information content (AvgIpc) is 2.97. The van der Waals surface area contributed by atoms with Crippen LogP contribution in [-0.4, -0.2) is 49.9 Å². The summed E-state index contributed by atoms with van der Waals surface area (Å²) in [6, 6.07) is 14.9. The van der Waals surface area contributed by atoms with Crippen molar-refractivity contribution in [3.05, 3.63) is 65.2 Å². The summed E-state index contributed by atoms with van der Waals surface area (Å²) in [7, 11) is 5.58. The van der Waals surface area contributed by atoms with E-state index in [4.69, 9.17) is 4.74 Å². The third-order valence-corrected chi connectivity index (χ3v) is 5.07. The molecule has 1 aliphatic rings. The summed E-state index contributed by atoms with van der Waals surface area (Å²) in [5.41, 5.74) is 3.07. The second-order valence-electron chi connectivity index (χ2n) is 7.02. The lowest BCUT2D eigenvalue weighted by molar-refractivity contribution is 0.142. The van der Waals surface area contributed by atoms with Gasteiger partial charge in [0, 0.05) is 18.5 Å². The number of aliphatic hydroxyl groups excluding tert-OH is 1. The van der Waals surface area contributed by atoms with Gasteiger partial charge in [0.05, 0.1) is 25.3 Å². The molecule has 3 unspecified atom stereocenters. The number of aliphatic hydroxyl groups is 1. The number of carbonyl (C=O) groups is 1. The monoisotopic (exact) mass is 369 g/mol. The van der Waals surface area contributed by atoms with E-state index in [-0.39, 0.29) is 18.1 Å². The van der Waals surface area contributed by atoms with Crippen LogP contribution in [0.1, 0.15) is 28.8 Å². The molecule has 6 nitrogen and oxygen atoms in total. The van der Waals surface area contributed by atoms with Gasteiger partial charge in [-0.15, -0.1) is 0 Å². The van der Waals surface area contributed by atoms with Crippen LogP contribution >= 0.6 is 0 Å². The SMILES string of the molecule is COc1ccccc1C(CNC(=O)NC1c2ccccc2CC1O)N(C)C. The number of nitrogens with zero attached hydrogens (tertiary/aromatic N) is 1. The summed E-state index contributed by atoms with van der Waals surface area (Å²) >= 11 is 0. The number of benzene rings is 2. The van der Waals surface area contributed by atoms with Crippen molar-refractivity contribution in [1.82, 2.24) is 15.5 Å². The summed E-state index contributed by atoms with van der Waals surface area (Å²) < 4.78 is 5.46. The minimum atomic E-state index is -0.605. The van der Waals surface area contributed by atoms with Crippen molar-refractivity contribution in [1.29, 1.82) is 0 Å². The number of rotatable bonds is 6. The van der Waals surface area contributed by atoms with E-state index in [1.807, 2.05) is 67.5 Å². The summed E-state index contributed by atoms with van der Waals surface area (Å²) in [5, 5.41) is 16.1. The van der Waals surface area contributed by atoms with E-state index in [1.54, 1.807) is 7.11 Å². The van der Waals surface area contributed by atoms with Gasteiger partial charge in [0.2, 0.25) is 0 Å². The molecule has 0 radical (unpaired) electrons.